The van der Waals surface area contributed by atoms with Crippen LogP contribution in [0, 0.1) is 0 Å². The third kappa shape index (κ3) is 10.2. The highest BCUT2D eigenvalue weighted by molar-refractivity contribution is 5.92. The number of rotatable bonds is 14. The van der Waals surface area contributed by atoms with Gasteiger partial charge in [0.15, 0.2) is 0 Å². The Balaban J connectivity index is 2.21. The van der Waals surface area contributed by atoms with Gasteiger partial charge in [0.05, 0.1) is 13.7 Å². The van der Waals surface area contributed by atoms with Crippen molar-refractivity contribution in [3.05, 3.63) is 65.2 Å². The van der Waals surface area contributed by atoms with E-state index in [0.717, 1.165) is 30.5 Å². The molecule has 0 spiro atoms. The van der Waals surface area contributed by atoms with Gasteiger partial charge in [0.2, 0.25) is 17.7 Å². The summed E-state index contributed by atoms with van der Waals surface area (Å²) in [5.41, 5.74) is 2.96. The zero-order valence-electron chi connectivity index (χ0n) is 23.6. The van der Waals surface area contributed by atoms with Crippen molar-refractivity contribution < 1.29 is 19.1 Å². The van der Waals surface area contributed by atoms with E-state index < -0.39 is 18.0 Å². The fraction of sp³-hybridized carbons (Fsp3) is 0.500. The first-order valence-corrected chi connectivity index (χ1v) is 13.3. The van der Waals surface area contributed by atoms with Crippen LogP contribution in [0.3, 0.4) is 0 Å². The lowest BCUT2D eigenvalue weighted by atomic mass is 9.86. The zero-order chi connectivity index (χ0) is 28.1. The molecule has 0 radical (unpaired) electrons. The number of unbranched alkanes of at least 4 members (excludes halogenated alkanes) is 1. The third-order valence-corrected chi connectivity index (χ3v) is 6.36. The van der Waals surface area contributed by atoms with Crippen molar-refractivity contribution >= 4 is 17.7 Å². The van der Waals surface area contributed by atoms with Gasteiger partial charge in [-0.2, -0.15) is 0 Å². The van der Waals surface area contributed by atoms with E-state index in [1.165, 1.54) is 12.6 Å². The number of amides is 3. The van der Waals surface area contributed by atoms with Gasteiger partial charge in [-0.1, -0.05) is 70.5 Å². The second-order valence-corrected chi connectivity index (χ2v) is 10.5. The van der Waals surface area contributed by atoms with E-state index in [0.29, 0.717) is 12.2 Å². The third-order valence-electron chi connectivity index (χ3n) is 6.36. The molecule has 0 bridgehead atoms. The zero-order valence-corrected chi connectivity index (χ0v) is 23.6. The second kappa shape index (κ2) is 15.1. The monoisotopic (exact) mass is 524 g/mol. The summed E-state index contributed by atoms with van der Waals surface area (Å²) in [6, 6.07) is 13.8. The molecule has 0 unspecified atom stereocenters. The van der Waals surface area contributed by atoms with Crippen LogP contribution in [0.25, 0.3) is 0 Å². The van der Waals surface area contributed by atoms with Gasteiger partial charge in [0, 0.05) is 19.9 Å². The van der Waals surface area contributed by atoms with E-state index in [4.69, 9.17) is 4.74 Å². The number of likely N-dealkylation sites (N-methyl/N-ethyl adjacent to an activating group) is 1. The predicted molar refractivity (Wildman–Crippen MR) is 151 cm³/mol. The number of hydrogen-bond donors (Lipinski definition) is 4. The Hall–Kier alpha value is -3.39. The predicted octanol–water partition coefficient (Wildman–Crippen LogP) is 2.88. The molecule has 2 rings (SSSR count). The summed E-state index contributed by atoms with van der Waals surface area (Å²) < 4.78 is 5.29. The number of methoxy groups -OCH3 is 1. The summed E-state index contributed by atoms with van der Waals surface area (Å²) in [5.74, 6) is -0.328. The minimum atomic E-state index is -0.839. The Labute approximate surface area is 227 Å². The minimum Gasteiger partial charge on any atom is -0.497 e. The first kappa shape index (κ1) is 30.8. The van der Waals surface area contributed by atoms with Crippen molar-refractivity contribution in [3.8, 4) is 5.75 Å². The lowest BCUT2D eigenvalue weighted by Gasteiger charge is -2.24. The fourth-order valence-electron chi connectivity index (χ4n) is 4.03. The van der Waals surface area contributed by atoms with Crippen molar-refractivity contribution in [3.63, 3.8) is 0 Å². The number of ether oxygens (including phenoxy) is 1. The van der Waals surface area contributed by atoms with Crippen molar-refractivity contribution in [2.45, 2.75) is 70.9 Å². The molecule has 2 aromatic rings. The van der Waals surface area contributed by atoms with Gasteiger partial charge in [0.1, 0.15) is 17.8 Å². The minimum absolute atomic E-state index is 0.00847. The fourth-order valence-corrected chi connectivity index (χ4v) is 4.03. The summed E-state index contributed by atoms with van der Waals surface area (Å²) in [6.45, 7) is 9.37. The number of hydrogen-bond acceptors (Lipinski definition) is 5. The molecule has 0 aliphatic carbocycles. The first-order valence-electron chi connectivity index (χ1n) is 13.3. The molecule has 4 N–H and O–H groups in total. The molecule has 3 amide bonds. The first-order chi connectivity index (χ1) is 18.1. The Morgan fingerprint density at radius 2 is 1.55 bits per heavy atom. The summed E-state index contributed by atoms with van der Waals surface area (Å²) in [5, 5.41) is 11.5. The number of benzene rings is 2. The molecule has 0 saturated carbocycles. The van der Waals surface area contributed by atoms with Gasteiger partial charge >= 0.3 is 0 Å². The van der Waals surface area contributed by atoms with Crippen LogP contribution in [0.15, 0.2) is 48.5 Å². The maximum absolute atomic E-state index is 13.5. The molecule has 0 heterocycles. The molecule has 208 valence electrons. The lowest BCUT2D eigenvalue weighted by Crippen LogP contribution is -2.55. The second-order valence-electron chi connectivity index (χ2n) is 10.5. The van der Waals surface area contributed by atoms with Gasteiger partial charge in [-0.15, -0.1) is 0 Å². The molecule has 0 aliphatic rings. The normalized spacial score (nSPS) is 12.8. The van der Waals surface area contributed by atoms with Gasteiger partial charge in [-0.3, -0.25) is 14.4 Å². The summed E-state index contributed by atoms with van der Waals surface area (Å²) in [6.07, 6.45) is 2.58. The number of carbonyl (C=O) groups is 3. The van der Waals surface area contributed by atoms with Crippen LogP contribution in [0.4, 0.5) is 0 Å². The molecule has 0 fully saturated rings. The van der Waals surface area contributed by atoms with Crippen LogP contribution in [-0.4, -0.2) is 57.1 Å². The average Bonchev–Trinajstić information content (AvgIpc) is 2.89. The maximum Gasteiger partial charge on any atom is 0.243 e. The molecule has 2 atom stereocenters. The highest BCUT2D eigenvalue weighted by Crippen LogP contribution is 2.22. The maximum atomic E-state index is 13.5. The molecule has 8 nitrogen and oxygen atoms in total. The van der Waals surface area contributed by atoms with Crippen LogP contribution in [0.2, 0.25) is 0 Å². The van der Waals surface area contributed by atoms with E-state index in [9.17, 15) is 14.4 Å². The summed E-state index contributed by atoms with van der Waals surface area (Å²) in [4.78, 5) is 38.9. The molecule has 8 heteroatoms. The Morgan fingerprint density at radius 3 is 2.16 bits per heavy atom. The largest absolute Gasteiger partial charge is 0.497 e. The Bertz CT molecular complexity index is 1050. The van der Waals surface area contributed by atoms with Gasteiger partial charge < -0.3 is 26.0 Å². The Morgan fingerprint density at radius 1 is 0.895 bits per heavy atom. The molecule has 2 aromatic carbocycles. The van der Waals surface area contributed by atoms with Crippen molar-refractivity contribution in [2.75, 3.05) is 27.2 Å². The van der Waals surface area contributed by atoms with Crippen molar-refractivity contribution in [1.29, 1.82) is 0 Å². The standard InChI is InChI=1S/C30H44N4O4/c1-7-8-16-32-20-27(35)33-26(18-21-12-14-23(15-13-21)30(2,3)4)29(37)34-25(28(36)31-5)19-22-10-9-11-24(17-22)38-6/h9-15,17,25-26,32H,7-8,16,18-20H2,1-6H3,(H,31,36)(H,33,35)(H,34,37)/t25-,26+/m0/s1. The van der Waals surface area contributed by atoms with Crippen LogP contribution >= 0.6 is 0 Å². The van der Waals surface area contributed by atoms with E-state index >= 15 is 0 Å². The molecular weight excluding hydrogens is 480 g/mol. The van der Waals surface area contributed by atoms with Crippen LogP contribution in [0.1, 0.15) is 57.2 Å². The summed E-state index contributed by atoms with van der Waals surface area (Å²) in [7, 11) is 3.11. The highest BCUT2D eigenvalue weighted by atomic mass is 16.5. The SMILES string of the molecule is CCCCNCC(=O)N[C@H](Cc1ccc(C(C)(C)C)cc1)C(=O)N[C@@H](Cc1cccc(OC)c1)C(=O)NC. The smallest absolute Gasteiger partial charge is 0.243 e. The highest BCUT2D eigenvalue weighted by Gasteiger charge is 2.27. The molecule has 0 saturated heterocycles. The van der Waals surface area contributed by atoms with Gasteiger partial charge in [-0.05, 0) is 47.2 Å². The number of nitrogens with one attached hydrogen (secondary N) is 4. The average molecular weight is 525 g/mol. The van der Waals surface area contributed by atoms with Gasteiger partial charge in [-0.25, -0.2) is 0 Å². The van der Waals surface area contributed by atoms with E-state index in [1.54, 1.807) is 7.11 Å². The molecule has 38 heavy (non-hydrogen) atoms. The van der Waals surface area contributed by atoms with Gasteiger partial charge in [0.25, 0.3) is 0 Å². The van der Waals surface area contributed by atoms with E-state index in [2.05, 4.69) is 61.1 Å². The topological polar surface area (TPSA) is 109 Å². The molecular formula is C30H44N4O4. The van der Waals surface area contributed by atoms with Crippen LogP contribution < -0.4 is 26.0 Å². The van der Waals surface area contributed by atoms with Crippen LogP contribution in [0.5, 0.6) is 5.75 Å². The van der Waals surface area contributed by atoms with Crippen LogP contribution in [-0.2, 0) is 32.6 Å². The molecule has 0 aromatic heterocycles. The molecule has 0 aliphatic heterocycles. The quantitative estimate of drug-likeness (QED) is 0.284. The van der Waals surface area contributed by atoms with Crippen molar-refractivity contribution in [2.24, 2.45) is 0 Å². The number of carbonyl (C=O) groups excluding carboxylic acids is 3. The summed E-state index contributed by atoms with van der Waals surface area (Å²) >= 11 is 0. The Kier molecular flexibility index (Phi) is 12.3. The van der Waals surface area contributed by atoms with E-state index in [1.807, 2.05) is 36.4 Å². The van der Waals surface area contributed by atoms with E-state index in [-0.39, 0.29) is 30.2 Å². The van der Waals surface area contributed by atoms with Crippen molar-refractivity contribution in [1.82, 2.24) is 21.3 Å². The lowest BCUT2D eigenvalue weighted by molar-refractivity contribution is -0.131.